The van der Waals surface area contributed by atoms with E-state index in [1.54, 1.807) is 0 Å². The van der Waals surface area contributed by atoms with Gasteiger partial charge in [0.25, 0.3) is 0 Å². The van der Waals surface area contributed by atoms with Gasteiger partial charge < -0.3 is 14.6 Å². The van der Waals surface area contributed by atoms with E-state index in [-0.39, 0.29) is 0 Å². The lowest BCUT2D eigenvalue weighted by Gasteiger charge is -2.01. The van der Waals surface area contributed by atoms with Crippen LogP contribution < -0.4 is 0 Å². The number of hydrogen-bond acceptors (Lipinski definition) is 3. The average Bonchev–Trinajstić information content (AvgIpc) is 2.93. The minimum absolute atomic E-state index is 0.329. The summed E-state index contributed by atoms with van der Waals surface area (Å²) in [5, 5.41) is 8.54. The maximum Gasteiger partial charge on any atom is 0.104 e. The minimum atomic E-state index is 0.329. The number of epoxide rings is 1. The zero-order chi connectivity index (χ0) is 9.36. The van der Waals surface area contributed by atoms with Gasteiger partial charge >= 0.3 is 0 Å². The fourth-order valence-electron chi connectivity index (χ4n) is 1.23. The summed E-state index contributed by atoms with van der Waals surface area (Å²) in [7, 11) is 0. The fourth-order valence-corrected chi connectivity index (χ4v) is 1.23. The first-order chi connectivity index (χ1) is 6.43. The summed E-state index contributed by atoms with van der Waals surface area (Å²) >= 11 is 0. The summed E-state index contributed by atoms with van der Waals surface area (Å²) in [6, 6.07) is 0. The largest absolute Gasteiger partial charge is 0.396 e. The number of hydrogen-bond donors (Lipinski definition) is 1. The van der Waals surface area contributed by atoms with Crippen LogP contribution in [-0.2, 0) is 9.47 Å². The molecule has 0 bridgehead atoms. The van der Waals surface area contributed by atoms with Gasteiger partial charge in [-0.05, 0) is 12.8 Å². The van der Waals surface area contributed by atoms with E-state index >= 15 is 0 Å². The first kappa shape index (κ1) is 11.0. The molecule has 3 nitrogen and oxygen atoms in total. The Balaban J connectivity index is 1.63. The van der Waals surface area contributed by atoms with E-state index in [4.69, 9.17) is 14.6 Å². The van der Waals surface area contributed by atoms with E-state index in [1.165, 1.54) is 12.8 Å². The highest BCUT2D eigenvalue weighted by atomic mass is 16.6. The molecule has 0 saturated carbocycles. The van der Waals surface area contributed by atoms with E-state index in [9.17, 15) is 0 Å². The van der Waals surface area contributed by atoms with E-state index in [1.807, 2.05) is 0 Å². The Bertz CT molecular complexity index is 113. The molecule has 1 aliphatic rings. The molecule has 13 heavy (non-hydrogen) atoms. The summed E-state index contributed by atoms with van der Waals surface area (Å²) in [6.07, 6.45) is 6.04. The standard InChI is InChI=1S/C10H20O3/c11-6-4-2-1-3-5-7-12-8-10-9-13-10/h10-11H,1-9H2. The van der Waals surface area contributed by atoms with Crippen molar-refractivity contribution in [3.8, 4) is 0 Å². The van der Waals surface area contributed by atoms with Crippen LogP contribution in [0.2, 0.25) is 0 Å². The number of aliphatic hydroxyl groups excluding tert-OH is 1. The Kier molecular flexibility index (Phi) is 6.15. The van der Waals surface area contributed by atoms with Gasteiger partial charge in [-0.15, -0.1) is 0 Å². The highest BCUT2D eigenvalue weighted by molar-refractivity contribution is 4.66. The second-order valence-electron chi connectivity index (χ2n) is 3.52. The Morgan fingerprint density at radius 3 is 2.54 bits per heavy atom. The normalized spacial score (nSPS) is 20.5. The molecule has 1 heterocycles. The van der Waals surface area contributed by atoms with Crippen molar-refractivity contribution < 1.29 is 14.6 Å². The Morgan fingerprint density at radius 2 is 1.85 bits per heavy atom. The monoisotopic (exact) mass is 188 g/mol. The van der Waals surface area contributed by atoms with Crippen LogP contribution in [0.4, 0.5) is 0 Å². The average molecular weight is 188 g/mol. The predicted octanol–water partition coefficient (Wildman–Crippen LogP) is 1.34. The molecule has 1 fully saturated rings. The molecule has 0 aromatic carbocycles. The lowest BCUT2D eigenvalue weighted by Crippen LogP contribution is -2.02. The van der Waals surface area contributed by atoms with Crippen LogP contribution in [0.3, 0.4) is 0 Å². The smallest absolute Gasteiger partial charge is 0.104 e. The summed E-state index contributed by atoms with van der Waals surface area (Å²) < 4.78 is 10.4. The molecule has 1 N–H and O–H groups in total. The quantitative estimate of drug-likeness (QED) is 0.438. The molecule has 1 saturated heterocycles. The third-order valence-electron chi connectivity index (χ3n) is 2.15. The Labute approximate surface area is 80.0 Å². The SMILES string of the molecule is OCCCCCCCOCC1CO1. The second kappa shape index (κ2) is 7.30. The molecule has 1 rings (SSSR count). The third-order valence-corrected chi connectivity index (χ3v) is 2.15. The molecule has 78 valence electrons. The van der Waals surface area contributed by atoms with Gasteiger partial charge in [0, 0.05) is 13.2 Å². The van der Waals surface area contributed by atoms with Crippen molar-refractivity contribution in [2.45, 2.75) is 38.2 Å². The van der Waals surface area contributed by atoms with Crippen molar-refractivity contribution >= 4 is 0 Å². The predicted molar refractivity (Wildman–Crippen MR) is 50.7 cm³/mol. The van der Waals surface area contributed by atoms with Crippen LogP contribution in [0.25, 0.3) is 0 Å². The first-order valence-electron chi connectivity index (χ1n) is 5.23. The van der Waals surface area contributed by atoms with Crippen LogP contribution in [-0.4, -0.2) is 37.6 Å². The van der Waals surface area contributed by atoms with Crippen LogP contribution in [0.15, 0.2) is 0 Å². The summed E-state index contributed by atoms with van der Waals surface area (Å²) in [6.45, 7) is 2.85. The molecule has 1 atom stereocenters. The van der Waals surface area contributed by atoms with Gasteiger partial charge in [-0.3, -0.25) is 0 Å². The number of aliphatic hydroxyl groups is 1. The van der Waals surface area contributed by atoms with E-state index < -0.39 is 0 Å². The van der Waals surface area contributed by atoms with Crippen LogP contribution in [0.1, 0.15) is 32.1 Å². The van der Waals surface area contributed by atoms with Crippen molar-refractivity contribution in [1.29, 1.82) is 0 Å². The van der Waals surface area contributed by atoms with Crippen molar-refractivity contribution in [2.75, 3.05) is 26.4 Å². The van der Waals surface area contributed by atoms with Gasteiger partial charge in [0.05, 0.1) is 13.2 Å². The van der Waals surface area contributed by atoms with Crippen LogP contribution in [0.5, 0.6) is 0 Å². The topological polar surface area (TPSA) is 42.0 Å². The molecule has 3 heteroatoms. The van der Waals surface area contributed by atoms with Gasteiger partial charge in [-0.25, -0.2) is 0 Å². The molecule has 1 aliphatic heterocycles. The van der Waals surface area contributed by atoms with Gasteiger partial charge in [-0.1, -0.05) is 19.3 Å². The third kappa shape index (κ3) is 6.99. The van der Waals surface area contributed by atoms with E-state index in [2.05, 4.69) is 0 Å². The van der Waals surface area contributed by atoms with Crippen LogP contribution >= 0.6 is 0 Å². The number of rotatable bonds is 9. The van der Waals surface area contributed by atoms with Crippen molar-refractivity contribution in [2.24, 2.45) is 0 Å². The van der Waals surface area contributed by atoms with Crippen molar-refractivity contribution in [1.82, 2.24) is 0 Å². The number of unbranched alkanes of at least 4 members (excludes halogenated alkanes) is 4. The highest BCUT2D eigenvalue weighted by Gasteiger charge is 2.21. The first-order valence-corrected chi connectivity index (χ1v) is 5.23. The second-order valence-corrected chi connectivity index (χ2v) is 3.52. The van der Waals surface area contributed by atoms with E-state index in [0.29, 0.717) is 12.7 Å². The molecule has 0 aromatic rings. The van der Waals surface area contributed by atoms with Crippen LogP contribution in [0, 0.1) is 0 Å². The lowest BCUT2D eigenvalue weighted by molar-refractivity contribution is 0.113. The van der Waals surface area contributed by atoms with Crippen molar-refractivity contribution in [3.63, 3.8) is 0 Å². The molecule has 0 amide bonds. The molecule has 1 unspecified atom stereocenters. The molecule has 0 aromatic heterocycles. The summed E-state index contributed by atoms with van der Waals surface area (Å²) in [4.78, 5) is 0. The highest BCUT2D eigenvalue weighted by Crippen LogP contribution is 2.09. The molecule has 0 aliphatic carbocycles. The van der Waals surface area contributed by atoms with Gasteiger partial charge in [0.2, 0.25) is 0 Å². The fraction of sp³-hybridized carbons (Fsp3) is 1.00. The van der Waals surface area contributed by atoms with Gasteiger partial charge in [0.15, 0.2) is 0 Å². The van der Waals surface area contributed by atoms with Gasteiger partial charge in [-0.2, -0.15) is 0 Å². The van der Waals surface area contributed by atoms with Crippen molar-refractivity contribution in [3.05, 3.63) is 0 Å². The minimum Gasteiger partial charge on any atom is -0.396 e. The van der Waals surface area contributed by atoms with Gasteiger partial charge in [0.1, 0.15) is 6.10 Å². The Hall–Kier alpha value is -0.120. The molecular formula is C10H20O3. The zero-order valence-electron chi connectivity index (χ0n) is 8.21. The molecule has 0 spiro atoms. The molecular weight excluding hydrogens is 168 g/mol. The zero-order valence-corrected chi connectivity index (χ0v) is 8.21. The number of ether oxygens (including phenoxy) is 2. The molecule has 0 radical (unpaired) electrons. The summed E-state index contributed by atoms with van der Waals surface area (Å²) in [5.41, 5.74) is 0. The lowest BCUT2D eigenvalue weighted by atomic mass is 10.1. The summed E-state index contributed by atoms with van der Waals surface area (Å²) in [5.74, 6) is 0. The maximum absolute atomic E-state index is 8.54. The van der Waals surface area contributed by atoms with E-state index in [0.717, 1.165) is 39.1 Å². The maximum atomic E-state index is 8.54. The Morgan fingerprint density at radius 1 is 1.15 bits per heavy atom.